The Kier molecular flexibility index (Phi) is 6.86. The average molecular weight is 491 g/mol. The first-order valence-corrected chi connectivity index (χ1v) is 12.4. The topological polar surface area (TPSA) is 129 Å². The molecule has 0 bridgehead atoms. The van der Waals surface area contributed by atoms with Crippen LogP contribution in [0.5, 0.6) is 5.88 Å². The lowest BCUT2D eigenvalue weighted by atomic mass is 10.1. The number of aromatic nitrogens is 2. The van der Waals surface area contributed by atoms with Gasteiger partial charge < -0.3 is 14.3 Å². The molecule has 1 aromatic carbocycles. The van der Waals surface area contributed by atoms with Crippen molar-refractivity contribution in [2.75, 3.05) is 32.8 Å². The SMILES string of the molecule is COCCO/N=C(/C(=O)Nc1nc2ccc(OC)nc2s1)c1ccc(S(=O)(=O)C2CC2)cc1. The predicted octanol–water partition coefficient (Wildman–Crippen LogP) is 2.64. The quantitative estimate of drug-likeness (QED) is 0.261. The number of carbonyl (C=O) groups is 1. The number of hydrogen-bond donors (Lipinski definition) is 1. The minimum atomic E-state index is -3.34. The zero-order valence-corrected chi connectivity index (χ0v) is 19.6. The Bertz CT molecular complexity index is 1280. The number of thiazole rings is 1. The summed E-state index contributed by atoms with van der Waals surface area (Å²) in [7, 11) is -0.293. The van der Waals surface area contributed by atoms with Gasteiger partial charge in [-0.25, -0.2) is 18.4 Å². The molecular formula is C21H22N4O6S2. The molecule has 0 radical (unpaired) electrons. The third-order valence-corrected chi connectivity index (χ3v) is 7.99. The molecule has 2 heterocycles. The number of hydrogen-bond acceptors (Lipinski definition) is 10. The van der Waals surface area contributed by atoms with Gasteiger partial charge in [0.05, 0.1) is 23.9 Å². The van der Waals surface area contributed by atoms with Crippen LogP contribution in [0.1, 0.15) is 18.4 Å². The fraction of sp³-hybridized carbons (Fsp3) is 0.333. The van der Waals surface area contributed by atoms with Gasteiger partial charge in [0.2, 0.25) is 5.88 Å². The fourth-order valence-electron chi connectivity index (χ4n) is 2.95. The van der Waals surface area contributed by atoms with E-state index in [9.17, 15) is 13.2 Å². The second kappa shape index (κ2) is 9.81. The number of sulfone groups is 1. The van der Waals surface area contributed by atoms with Crippen molar-refractivity contribution in [3.63, 3.8) is 0 Å². The number of ether oxygens (including phenoxy) is 2. The molecule has 1 aliphatic rings. The van der Waals surface area contributed by atoms with Gasteiger partial charge in [0.1, 0.15) is 17.0 Å². The van der Waals surface area contributed by atoms with E-state index in [4.69, 9.17) is 14.3 Å². The van der Waals surface area contributed by atoms with Gasteiger partial charge in [-0.3, -0.25) is 10.1 Å². The maximum atomic E-state index is 13.0. The molecule has 0 spiro atoms. The minimum absolute atomic E-state index is 0.0220. The standard InChI is InChI=1S/C21H22N4O6S2/c1-29-11-12-31-25-18(13-3-5-14(6-4-13)33(27,28)15-7-8-15)19(26)24-21-22-16-9-10-17(30-2)23-20(16)32-21/h3-6,9-10,15H,7-8,11-12H2,1-2H3,(H,22,24,26)/b25-18+. The maximum absolute atomic E-state index is 13.0. The highest BCUT2D eigenvalue weighted by Gasteiger charge is 2.36. The van der Waals surface area contributed by atoms with Gasteiger partial charge >= 0.3 is 0 Å². The molecule has 12 heteroatoms. The van der Waals surface area contributed by atoms with Crippen LogP contribution in [0.15, 0.2) is 46.4 Å². The zero-order valence-electron chi connectivity index (χ0n) is 18.0. The molecule has 174 valence electrons. The molecule has 1 fully saturated rings. The summed E-state index contributed by atoms with van der Waals surface area (Å²) < 4.78 is 35.0. The number of amides is 1. The van der Waals surface area contributed by atoms with Crippen molar-refractivity contribution in [3.8, 4) is 5.88 Å². The largest absolute Gasteiger partial charge is 0.481 e. The monoisotopic (exact) mass is 490 g/mol. The molecule has 0 unspecified atom stereocenters. The summed E-state index contributed by atoms with van der Waals surface area (Å²) in [5.41, 5.74) is 0.993. The third kappa shape index (κ3) is 5.29. The number of nitrogens with one attached hydrogen (secondary N) is 1. The maximum Gasteiger partial charge on any atom is 0.280 e. The number of anilines is 1. The van der Waals surface area contributed by atoms with Gasteiger partial charge in [0, 0.05) is 18.7 Å². The second-order valence-electron chi connectivity index (χ2n) is 7.19. The van der Waals surface area contributed by atoms with Crippen LogP contribution in [0.3, 0.4) is 0 Å². The number of rotatable bonds is 10. The molecule has 2 aromatic heterocycles. The zero-order chi connectivity index (χ0) is 23.4. The summed E-state index contributed by atoms with van der Waals surface area (Å²) in [6.07, 6.45) is 1.35. The Morgan fingerprint density at radius 2 is 1.88 bits per heavy atom. The highest BCUT2D eigenvalue weighted by Crippen LogP contribution is 2.33. The Morgan fingerprint density at radius 1 is 1.12 bits per heavy atom. The first kappa shape index (κ1) is 23.1. The first-order chi connectivity index (χ1) is 15.9. The van der Waals surface area contributed by atoms with E-state index in [2.05, 4.69) is 20.4 Å². The molecule has 1 saturated carbocycles. The number of pyridine rings is 1. The predicted molar refractivity (Wildman–Crippen MR) is 124 cm³/mol. The molecule has 3 aromatic rings. The number of methoxy groups -OCH3 is 2. The van der Waals surface area contributed by atoms with Crippen LogP contribution in [0.4, 0.5) is 5.13 Å². The van der Waals surface area contributed by atoms with E-state index in [1.807, 2.05) is 0 Å². The summed E-state index contributed by atoms with van der Waals surface area (Å²) >= 11 is 1.19. The van der Waals surface area contributed by atoms with Crippen LogP contribution in [-0.2, 0) is 24.2 Å². The number of nitrogens with zero attached hydrogens (tertiary/aromatic N) is 3. The highest BCUT2D eigenvalue weighted by atomic mass is 32.2. The van der Waals surface area contributed by atoms with E-state index in [-0.39, 0.29) is 22.5 Å². The van der Waals surface area contributed by atoms with Crippen molar-refractivity contribution in [3.05, 3.63) is 42.0 Å². The summed E-state index contributed by atoms with van der Waals surface area (Å²) in [5, 5.41) is 6.68. The summed E-state index contributed by atoms with van der Waals surface area (Å²) in [6.45, 7) is 0.439. The number of benzene rings is 1. The Balaban J connectivity index is 1.57. The molecule has 0 atom stereocenters. The molecule has 33 heavy (non-hydrogen) atoms. The smallest absolute Gasteiger partial charge is 0.280 e. The van der Waals surface area contributed by atoms with Crippen LogP contribution in [0.25, 0.3) is 10.3 Å². The van der Waals surface area contributed by atoms with Crippen molar-refractivity contribution in [2.45, 2.75) is 23.0 Å². The Morgan fingerprint density at radius 3 is 2.55 bits per heavy atom. The summed E-state index contributed by atoms with van der Waals surface area (Å²) in [5.74, 6) is -0.115. The molecule has 0 saturated heterocycles. The van der Waals surface area contributed by atoms with E-state index in [0.29, 0.717) is 46.4 Å². The lowest BCUT2D eigenvalue weighted by Crippen LogP contribution is -2.24. The number of fused-ring (bicyclic) bond motifs is 1. The van der Waals surface area contributed by atoms with Crippen LogP contribution in [0.2, 0.25) is 0 Å². The summed E-state index contributed by atoms with van der Waals surface area (Å²) in [4.78, 5) is 27.7. The molecule has 4 rings (SSSR count). The molecule has 1 aliphatic carbocycles. The van der Waals surface area contributed by atoms with E-state index in [1.54, 1.807) is 12.1 Å². The summed E-state index contributed by atoms with van der Waals surface area (Å²) in [6, 6.07) is 9.47. The Labute approximate surface area is 194 Å². The van der Waals surface area contributed by atoms with Crippen molar-refractivity contribution >= 4 is 48.3 Å². The second-order valence-corrected chi connectivity index (χ2v) is 10.4. The highest BCUT2D eigenvalue weighted by molar-refractivity contribution is 7.92. The van der Waals surface area contributed by atoms with E-state index >= 15 is 0 Å². The van der Waals surface area contributed by atoms with Gasteiger partial charge in [-0.1, -0.05) is 28.6 Å². The minimum Gasteiger partial charge on any atom is -0.481 e. The number of carbonyl (C=O) groups excluding carboxylic acids is 1. The van der Waals surface area contributed by atoms with E-state index in [0.717, 1.165) is 0 Å². The molecule has 1 amide bonds. The van der Waals surface area contributed by atoms with Crippen LogP contribution in [0, 0.1) is 0 Å². The van der Waals surface area contributed by atoms with Gasteiger partial charge in [-0.2, -0.15) is 0 Å². The van der Waals surface area contributed by atoms with Crippen molar-refractivity contribution in [1.82, 2.24) is 9.97 Å². The number of oxime groups is 1. The van der Waals surface area contributed by atoms with Gasteiger partial charge in [0.25, 0.3) is 5.91 Å². The van der Waals surface area contributed by atoms with Crippen molar-refractivity contribution in [1.29, 1.82) is 0 Å². The molecule has 10 nitrogen and oxygen atoms in total. The first-order valence-electron chi connectivity index (χ1n) is 10.1. The van der Waals surface area contributed by atoms with E-state index < -0.39 is 15.7 Å². The lowest BCUT2D eigenvalue weighted by molar-refractivity contribution is -0.110. The van der Waals surface area contributed by atoms with Gasteiger partial charge in [-0.15, -0.1) is 0 Å². The van der Waals surface area contributed by atoms with Gasteiger partial charge in [-0.05, 0) is 31.0 Å². The molecule has 1 N–H and O–H groups in total. The Hall–Kier alpha value is -3.09. The van der Waals surface area contributed by atoms with Crippen molar-refractivity contribution < 1.29 is 27.5 Å². The van der Waals surface area contributed by atoms with Crippen LogP contribution >= 0.6 is 11.3 Å². The third-order valence-electron chi connectivity index (χ3n) is 4.83. The fourth-order valence-corrected chi connectivity index (χ4v) is 5.43. The van der Waals surface area contributed by atoms with Crippen molar-refractivity contribution in [2.24, 2.45) is 5.16 Å². The normalized spacial score (nSPS) is 14.3. The molecular weight excluding hydrogens is 468 g/mol. The van der Waals surface area contributed by atoms with Crippen LogP contribution in [-0.4, -0.2) is 62.7 Å². The average Bonchev–Trinajstić information content (AvgIpc) is 3.60. The molecule has 0 aliphatic heterocycles. The van der Waals surface area contributed by atoms with Crippen LogP contribution < -0.4 is 10.1 Å². The van der Waals surface area contributed by atoms with E-state index in [1.165, 1.54) is 49.8 Å². The van der Waals surface area contributed by atoms with Gasteiger partial charge in [0.15, 0.2) is 20.7 Å². The lowest BCUT2D eigenvalue weighted by Gasteiger charge is -2.08.